The number of anilines is 1. The van der Waals surface area contributed by atoms with Crippen LogP contribution in [-0.2, 0) is 17.8 Å². The highest BCUT2D eigenvalue weighted by molar-refractivity contribution is 6.35. The minimum Gasteiger partial charge on any atom is -0.381 e. The lowest BCUT2D eigenvalue weighted by Gasteiger charge is -2.09. The Morgan fingerprint density at radius 1 is 1.10 bits per heavy atom. The Kier molecular flexibility index (Phi) is 4.88. The first-order valence-corrected chi connectivity index (χ1v) is 6.85. The summed E-state index contributed by atoms with van der Waals surface area (Å²) < 4.78 is 0. The summed E-state index contributed by atoms with van der Waals surface area (Å²) >= 11 is 12.0. The zero-order valence-electron chi connectivity index (χ0n) is 10.7. The summed E-state index contributed by atoms with van der Waals surface area (Å²) in [7, 11) is 0. The van der Waals surface area contributed by atoms with E-state index < -0.39 is 0 Å². The van der Waals surface area contributed by atoms with Gasteiger partial charge >= 0.3 is 0 Å². The number of hydrogen-bond donors (Lipinski definition) is 2. The second kappa shape index (κ2) is 6.64. The maximum atomic E-state index is 10.8. The van der Waals surface area contributed by atoms with Crippen LogP contribution in [0.3, 0.4) is 0 Å². The first kappa shape index (κ1) is 14.7. The second-order valence-corrected chi connectivity index (χ2v) is 5.27. The van der Waals surface area contributed by atoms with Gasteiger partial charge in [-0.3, -0.25) is 4.79 Å². The van der Waals surface area contributed by atoms with Crippen LogP contribution in [0, 0.1) is 0 Å². The number of nitrogens with one attached hydrogen (secondary N) is 1. The van der Waals surface area contributed by atoms with Crippen molar-refractivity contribution in [3.63, 3.8) is 0 Å². The van der Waals surface area contributed by atoms with Gasteiger partial charge in [0.25, 0.3) is 0 Å². The van der Waals surface area contributed by atoms with Gasteiger partial charge in [-0.15, -0.1) is 0 Å². The van der Waals surface area contributed by atoms with E-state index in [1.807, 2.05) is 30.3 Å². The van der Waals surface area contributed by atoms with Gasteiger partial charge in [0, 0.05) is 22.3 Å². The van der Waals surface area contributed by atoms with Gasteiger partial charge in [-0.25, -0.2) is 0 Å². The van der Waals surface area contributed by atoms with Crippen molar-refractivity contribution in [2.24, 2.45) is 5.73 Å². The number of primary amides is 1. The molecule has 3 nitrogen and oxygen atoms in total. The standard InChI is InChI=1S/C15H14Cl2N2O/c16-12-4-3-11(14(17)8-12)9-19-13-5-1-10(2-6-13)7-15(18)20/h1-6,8,19H,7,9H2,(H2,18,20). The van der Waals surface area contributed by atoms with Crippen LogP contribution in [0.2, 0.25) is 10.0 Å². The third kappa shape index (κ3) is 4.15. The van der Waals surface area contributed by atoms with E-state index in [0.29, 0.717) is 16.6 Å². The highest BCUT2D eigenvalue weighted by Gasteiger charge is 2.02. The Labute approximate surface area is 127 Å². The van der Waals surface area contributed by atoms with E-state index in [-0.39, 0.29) is 12.3 Å². The third-order valence-electron chi connectivity index (χ3n) is 2.83. The molecule has 0 aliphatic carbocycles. The number of nitrogens with two attached hydrogens (primary N) is 1. The third-order valence-corrected chi connectivity index (χ3v) is 3.42. The van der Waals surface area contributed by atoms with E-state index in [1.54, 1.807) is 12.1 Å². The Morgan fingerprint density at radius 2 is 1.80 bits per heavy atom. The molecule has 0 unspecified atom stereocenters. The van der Waals surface area contributed by atoms with Gasteiger partial charge in [0.15, 0.2) is 0 Å². The molecule has 0 spiro atoms. The fourth-order valence-electron chi connectivity index (χ4n) is 1.80. The minimum atomic E-state index is -0.335. The van der Waals surface area contributed by atoms with Crippen molar-refractivity contribution in [2.45, 2.75) is 13.0 Å². The van der Waals surface area contributed by atoms with Crippen molar-refractivity contribution >= 4 is 34.8 Å². The fraction of sp³-hybridized carbons (Fsp3) is 0.133. The van der Waals surface area contributed by atoms with Gasteiger partial charge in [0.1, 0.15) is 0 Å². The van der Waals surface area contributed by atoms with E-state index in [9.17, 15) is 4.79 Å². The van der Waals surface area contributed by atoms with Crippen molar-refractivity contribution in [2.75, 3.05) is 5.32 Å². The lowest BCUT2D eigenvalue weighted by molar-refractivity contribution is -0.117. The molecule has 0 saturated carbocycles. The number of benzene rings is 2. The molecule has 1 amide bonds. The molecule has 104 valence electrons. The zero-order valence-corrected chi connectivity index (χ0v) is 12.2. The van der Waals surface area contributed by atoms with Gasteiger partial charge in [-0.2, -0.15) is 0 Å². The smallest absolute Gasteiger partial charge is 0.221 e. The fourth-order valence-corrected chi connectivity index (χ4v) is 2.28. The maximum absolute atomic E-state index is 10.8. The molecule has 0 saturated heterocycles. The van der Waals surface area contributed by atoms with Crippen molar-refractivity contribution in [1.82, 2.24) is 0 Å². The Balaban J connectivity index is 1.98. The molecule has 3 N–H and O–H groups in total. The van der Waals surface area contributed by atoms with Crippen LogP contribution in [0.4, 0.5) is 5.69 Å². The minimum absolute atomic E-state index is 0.253. The molecule has 0 atom stereocenters. The number of amides is 1. The Bertz CT molecular complexity index is 612. The Morgan fingerprint density at radius 3 is 2.40 bits per heavy atom. The predicted molar refractivity (Wildman–Crippen MR) is 83.1 cm³/mol. The number of carbonyl (C=O) groups is 1. The maximum Gasteiger partial charge on any atom is 0.221 e. The normalized spacial score (nSPS) is 10.3. The molecule has 0 aliphatic rings. The molecule has 0 bridgehead atoms. The van der Waals surface area contributed by atoms with Crippen molar-refractivity contribution in [3.05, 3.63) is 63.6 Å². The summed E-state index contributed by atoms with van der Waals surface area (Å²) in [6, 6.07) is 13.0. The van der Waals surface area contributed by atoms with Gasteiger partial charge < -0.3 is 11.1 Å². The topological polar surface area (TPSA) is 55.1 Å². The summed E-state index contributed by atoms with van der Waals surface area (Å²) in [5.41, 5.74) is 7.96. The molecule has 0 aromatic heterocycles. The molecular weight excluding hydrogens is 295 g/mol. The van der Waals surface area contributed by atoms with Crippen LogP contribution in [0.25, 0.3) is 0 Å². The Hall–Kier alpha value is -1.71. The summed E-state index contributed by atoms with van der Waals surface area (Å²) in [4.78, 5) is 10.8. The van der Waals surface area contributed by atoms with Gasteiger partial charge in [0.05, 0.1) is 6.42 Å². The summed E-state index contributed by atoms with van der Waals surface area (Å²) in [6.07, 6.45) is 0.253. The lowest BCUT2D eigenvalue weighted by Crippen LogP contribution is -2.13. The second-order valence-electron chi connectivity index (χ2n) is 4.43. The molecule has 2 aromatic rings. The van der Waals surface area contributed by atoms with Crippen LogP contribution in [0.15, 0.2) is 42.5 Å². The molecule has 5 heteroatoms. The van der Waals surface area contributed by atoms with Crippen LogP contribution in [0.1, 0.15) is 11.1 Å². The quantitative estimate of drug-likeness (QED) is 0.886. The van der Waals surface area contributed by atoms with E-state index in [2.05, 4.69) is 5.32 Å². The lowest BCUT2D eigenvalue weighted by atomic mass is 10.1. The van der Waals surface area contributed by atoms with E-state index >= 15 is 0 Å². The molecule has 0 fully saturated rings. The van der Waals surface area contributed by atoms with Gasteiger partial charge in [-0.05, 0) is 35.4 Å². The summed E-state index contributed by atoms with van der Waals surface area (Å²) in [6.45, 7) is 0.602. The molecule has 0 heterocycles. The first-order valence-electron chi connectivity index (χ1n) is 6.09. The molecule has 0 aliphatic heterocycles. The highest BCUT2D eigenvalue weighted by Crippen LogP contribution is 2.22. The SMILES string of the molecule is NC(=O)Cc1ccc(NCc2ccc(Cl)cc2Cl)cc1. The van der Waals surface area contributed by atoms with E-state index in [0.717, 1.165) is 16.8 Å². The van der Waals surface area contributed by atoms with E-state index in [1.165, 1.54) is 0 Å². The molecule has 20 heavy (non-hydrogen) atoms. The van der Waals surface area contributed by atoms with Gasteiger partial charge in [-0.1, -0.05) is 41.4 Å². The van der Waals surface area contributed by atoms with Crippen molar-refractivity contribution in [3.8, 4) is 0 Å². The number of hydrogen-bond acceptors (Lipinski definition) is 2. The molecule has 0 radical (unpaired) electrons. The molecule has 2 aromatic carbocycles. The van der Waals surface area contributed by atoms with Crippen LogP contribution >= 0.6 is 23.2 Å². The van der Waals surface area contributed by atoms with Crippen LogP contribution < -0.4 is 11.1 Å². The highest BCUT2D eigenvalue weighted by atomic mass is 35.5. The summed E-state index contributed by atoms with van der Waals surface area (Å²) in [5.74, 6) is -0.335. The number of halogens is 2. The zero-order chi connectivity index (χ0) is 14.5. The monoisotopic (exact) mass is 308 g/mol. The molecular formula is C15H14Cl2N2O. The predicted octanol–water partition coefficient (Wildman–Crippen LogP) is 3.63. The average Bonchev–Trinajstić information content (AvgIpc) is 2.39. The largest absolute Gasteiger partial charge is 0.381 e. The molecule has 2 rings (SSSR count). The summed E-state index contributed by atoms with van der Waals surface area (Å²) in [5, 5.41) is 4.51. The number of rotatable bonds is 5. The van der Waals surface area contributed by atoms with Crippen LogP contribution in [0.5, 0.6) is 0 Å². The van der Waals surface area contributed by atoms with Crippen LogP contribution in [-0.4, -0.2) is 5.91 Å². The average molecular weight is 309 g/mol. The van der Waals surface area contributed by atoms with Crippen molar-refractivity contribution < 1.29 is 4.79 Å². The number of carbonyl (C=O) groups excluding carboxylic acids is 1. The first-order chi connectivity index (χ1) is 9.54. The van der Waals surface area contributed by atoms with E-state index in [4.69, 9.17) is 28.9 Å². The van der Waals surface area contributed by atoms with Gasteiger partial charge in [0.2, 0.25) is 5.91 Å². The van der Waals surface area contributed by atoms with Crippen molar-refractivity contribution in [1.29, 1.82) is 0 Å².